The molecule has 0 spiro atoms. The van der Waals surface area contributed by atoms with Gasteiger partial charge in [-0.05, 0) is 24.3 Å². The number of ether oxygens (including phenoxy) is 1. The summed E-state index contributed by atoms with van der Waals surface area (Å²) < 4.78 is 36.5. The van der Waals surface area contributed by atoms with Crippen molar-refractivity contribution in [2.45, 2.75) is 44.9 Å². The number of carbonyl (C=O) groups is 3. The average Bonchev–Trinajstić information content (AvgIpc) is 2.60. The third kappa shape index (κ3) is 10.5. The molecule has 28 heavy (non-hydrogen) atoms. The predicted octanol–water partition coefficient (Wildman–Crippen LogP) is 1.89. The lowest BCUT2D eigenvalue weighted by atomic mass is 10.0. The Morgan fingerprint density at radius 2 is 1.68 bits per heavy atom. The van der Waals surface area contributed by atoms with Gasteiger partial charge in [0, 0.05) is 0 Å². The minimum absolute atomic E-state index is 0.264. The van der Waals surface area contributed by atoms with Crippen LogP contribution in [0.5, 0.6) is 0 Å². The number of halogens is 3. The van der Waals surface area contributed by atoms with Gasteiger partial charge in [-0.15, -0.1) is 0 Å². The van der Waals surface area contributed by atoms with Crippen LogP contribution in [-0.2, 0) is 25.5 Å². The second-order valence-corrected chi connectivity index (χ2v) is 6.31. The fraction of sp³-hybridized carbons (Fsp3) is 0.500. The Bertz CT molecular complexity index is 636. The van der Waals surface area contributed by atoms with E-state index in [0.29, 0.717) is 12.8 Å². The van der Waals surface area contributed by atoms with E-state index in [0.717, 1.165) is 5.56 Å². The normalized spacial score (nSPS) is 13.0. The maximum atomic E-state index is 12.1. The summed E-state index contributed by atoms with van der Waals surface area (Å²) in [6, 6.07) is 8.20. The molecule has 1 rings (SSSR count). The van der Waals surface area contributed by atoms with Crippen LogP contribution in [-0.4, -0.2) is 48.3 Å². The molecule has 7 nitrogen and oxygen atoms in total. The fourth-order valence-electron chi connectivity index (χ4n) is 2.07. The molecule has 1 aromatic carbocycles. The number of esters is 1. The molecule has 0 aliphatic heterocycles. The van der Waals surface area contributed by atoms with Crippen LogP contribution in [0, 0.1) is 5.92 Å². The van der Waals surface area contributed by atoms with Crippen LogP contribution in [0.1, 0.15) is 25.8 Å². The lowest BCUT2D eigenvalue weighted by Crippen LogP contribution is -2.49. The summed E-state index contributed by atoms with van der Waals surface area (Å²) in [6.45, 7) is 3.96. The summed E-state index contributed by atoms with van der Waals surface area (Å²) in [5.41, 5.74) is 6.89. The van der Waals surface area contributed by atoms with E-state index in [9.17, 15) is 22.8 Å². The molecular weight excluding hydrogens is 381 g/mol. The Kier molecular flexibility index (Phi) is 10.8. The fourth-order valence-corrected chi connectivity index (χ4v) is 2.07. The Morgan fingerprint density at radius 3 is 2.07 bits per heavy atom. The van der Waals surface area contributed by atoms with E-state index < -0.39 is 30.2 Å². The lowest BCUT2D eigenvalue weighted by Gasteiger charge is -2.20. The molecule has 0 fully saturated rings. The molecule has 0 unspecified atom stereocenters. The molecule has 0 bridgehead atoms. The lowest BCUT2D eigenvalue weighted by molar-refractivity contribution is -0.192. The van der Waals surface area contributed by atoms with Crippen LogP contribution < -0.4 is 11.1 Å². The van der Waals surface area contributed by atoms with Gasteiger partial charge < -0.3 is 20.9 Å². The van der Waals surface area contributed by atoms with Crippen LogP contribution in [0.15, 0.2) is 30.3 Å². The molecule has 0 saturated carbocycles. The van der Waals surface area contributed by atoms with Crippen LogP contribution >= 0.6 is 0 Å². The van der Waals surface area contributed by atoms with Crippen molar-refractivity contribution in [2.75, 3.05) is 7.11 Å². The second-order valence-electron chi connectivity index (χ2n) is 6.31. The van der Waals surface area contributed by atoms with Crippen LogP contribution in [0.3, 0.4) is 0 Å². The molecule has 0 aromatic heterocycles. The Labute approximate surface area is 161 Å². The molecule has 2 atom stereocenters. The largest absolute Gasteiger partial charge is 0.490 e. The van der Waals surface area contributed by atoms with Gasteiger partial charge in [0.05, 0.1) is 13.2 Å². The first-order valence-corrected chi connectivity index (χ1v) is 8.36. The van der Waals surface area contributed by atoms with Crippen molar-refractivity contribution in [1.29, 1.82) is 0 Å². The van der Waals surface area contributed by atoms with Gasteiger partial charge in [0.2, 0.25) is 5.91 Å². The maximum Gasteiger partial charge on any atom is 0.490 e. The van der Waals surface area contributed by atoms with Gasteiger partial charge in [-0.3, -0.25) is 4.79 Å². The summed E-state index contributed by atoms with van der Waals surface area (Å²) in [5, 5.41) is 9.81. The number of carboxylic acid groups (broad SMARTS) is 1. The summed E-state index contributed by atoms with van der Waals surface area (Å²) in [6.07, 6.45) is -4.13. The number of methoxy groups -OCH3 is 1. The SMILES string of the molecule is COC(=O)[C@@H](CC(C)C)NC(=O)[C@H](N)Cc1ccccc1.O=C(O)C(F)(F)F. The number of benzene rings is 1. The maximum absolute atomic E-state index is 12.1. The highest BCUT2D eigenvalue weighted by Crippen LogP contribution is 2.13. The zero-order valence-corrected chi connectivity index (χ0v) is 15.8. The quantitative estimate of drug-likeness (QED) is 0.595. The summed E-state index contributed by atoms with van der Waals surface area (Å²) >= 11 is 0. The van der Waals surface area contributed by atoms with E-state index >= 15 is 0 Å². The Morgan fingerprint density at radius 1 is 1.18 bits per heavy atom. The van der Waals surface area contributed by atoms with Gasteiger partial charge in [0.1, 0.15) is 6.04 Å². The van der Waals surface area contributed by atoms with E-state index in [1.807, 2.05) is 44.2 Å². The monoisotopic (exact) mass is 406 g/mol. The molecule has 0 saturated heterocycles. The highest BCUT2D eigenvalue weighted by atomic mass is 19.4. The van der Waals surface area contributed by atoms with Crippen LogP contribution in [0.2, 0.25) is 0 Å². The number of carbonyl (C=O) groups excluding carboxylic acids is 2. The van der Waals surface area contributed by atoms with Gasteiger partial charge in [0.25, 0.3) is 0 Å². The van der Waals surface area contributed by atoms with Crippen molar-refractivity contribution in [2.24, 2.45) is 11.7 Å². The predicted molar refractivity (Wildman–Crippen MR) is 95.2 cm³/mol. The number of alkyl halides is 3. The molecule has 0 heterocycles. The van der Waals surface area contributed by atoms with E-state index in [4.69, 9.17) is 20.4 Å². The van der Waals surface area contributed by atoms with E-state index in [1.54, 1.807) is 0 Å². The van der Waals surface area contributed by atoms with Crippen molar-refractivity contribution in [3.05, 3.63) is 35.9 Å². The minimum Gasteiger partial charge on any atom is -0.475 e. The van der Waals surface area contributed by atoms with Crippen LogP contribution in [0.25, 0.3) is 0 Å². The van der Waals surface area contributed by atoms with Crippen LogP contribution in [0.4, 0.5) is 13.2 Å². The van der Waals surface area contributed by atoms with Gasteiger partial charge in [-0.1, -0.05) is 44.2 Å². The van der Waals surface area contributed by atoms with Crippen molar-refractivity contribution >= 4 is 17.8 Å². The topological polar surface area (TPSA) is 119 Å². The van der Waals surface area contributed by atoms with Gasteiger partial charge in [-0.25, -0.2) is 9.59 Å². The molecule has 158 valence electrons. The number of rotatable bonds is 7. The van der Waals surface area contributed by atoms with E-state index in [1.165, 1.54) is 7.11 Å². The highest BCUT2D eigenvalue weighted by Gasteiger charge is 2.38. The molecule has 4 N–H and O–H groups in total. The zero-order chi connectivity index (χ0) is 21.9. The first kappa shape index (κ1) is 25.4. The van der Waals surface area contributed by atoms with E-state index in [-0.39, 0.29) is 11.8 Å². The van der Waals surface area contributed by atoms with Gasteiger partial charge >= 0.3 is 18.1 Å². The molecule has 0 aliphatic carbocycles. The van der Waals surface area contributed by atoms with Crippen molar-refractivity contribution in [3.63, 3.8) is 0 Å². The summed E-state index contributed by atoms with van der Waals surface area (Å²) in [4.78, 5) is 32.7. The Balaban J connectivity index is 0.000000887. The first-order valence-electron chi connectivity index (χ1n) is 8.36. The number of aliphatic carboxylic acids is 1. The molecule has 1 aromatic rings. The molecule has 0 radical (unpaired) electrons. The number of hydrogen-bond donors (Lipinski definition) is 3. The molecular formula is C18H25F3N2O5. The highest BCUT2D eigenvalue weighted by molar-refractivity contribution is 5.87. The average molecular weight is 406 g/mol. The van der Waals surface area contributed by atoms with Gasteiger partial charge in [-0.2, -0.15) is 13.2 Å². The second kappa shape index (κ2) is 12.0. The molecule has 10 heteroatoms. The number of hydrogen-bond acceptors (Lipinski definition) is 5. The number of amides is 1. The van der Waals surface area contributed by atoms with Gasteiger partial charge in [0.15, 0.2) is 0 Å². The zero-order valence-electron chi connectivity index (χ0n) is 15.8. The molecule has 0 aliphatic rings. The third-order valence-corrected chi connectivity index (χ3v) is 3.39. The number of carboxylic acids is 1. The van der Waals surface area contributed by atoms with Crippen molar-refractivity contribution in [3.8, 4) is 0 Å². The Hall–Kier alpha value is -2.62. The summed E-state index contributed by atoms with van der Waals surface area (Å²) in [7, 11) is 1.31. The molecule has 1 amide bonds. The van der Waals surface area contributed by atoms with Crippen molar-refractivity contribution < 1.29 is 37.4 Å². The summed E-state index contributed by atoms with van der Waals surface area (Å²) in [5.74, 6) is -3.27. The first-order chi connectivity index (χ1) is 12.9. The minimum atomic E-state index is -5.08. The van der Waals surface area contributed by atoms with Crippen molar-refractivity contribution in [1.82, 2.24) is 5.32 Å². The third-order valence-electron chi connectivity index (χ3n) is 3.39. The van der Waals surface area contributed by atoms with E-state index in [2.05, 4.69) is 5.32 Å². The number of nitrogens with one attached hydrogen (secondary N) is 1. The standard InChI is InChI=1S/C16H24N2O3.C2HF3O2/c1-11(2)9-14(16(20)21-3)18-15(19)13(17)10-12-7-5-4-6-8-12;3-2(4,5)1(6)7/h4-8,11,13-14H,9-10,17H2,1-3H3,(H,18,19);(H,6,7)/t13-,14-;/m1./s1. The smallest absolute Gasteiger partial charge is 0.475 e. The number of nitrogens with two attached hydrogens (primary N) is 1.